The number of amides is 1. The van der Waals surface area contributed by atoms with Gasteiger partial charge >= 0.3 is 0 Å². The maximum absolute atomic E-state index is 12.6. The van der Waals surface area contributed by atoms with Crippen LogP contribution in [0, 0.1) is 6.92 Å². The summed E-state index contributed by atoms with van der Waals surface area (Å²) in [6.07, 6.45) is 3.29. The molecule has 1 aromatic carbocycles. The largest absolute Gasteiger partial charge is 0.463 e. The number of rotatable bonds is 4. The number of thiazole rings is 1. The molecule has 0 aliphatic rings. The van der Waals surface area contributed by atoms with E-state index in [1.54, 1.807) is 41.4 Å². The highest BCUT2D eigenvalue weighted by Gasteiger charge is 2.19. The first-order chi connectivity index (χ1) is 12.6. The first-order valence-corrected chi connectivity index (χ1v) is 8.93. The van der Waals surface area contributed by atoms with Crippen LogP contribution in [0.2, 0.25) is 5.02 Å². The number of halogens is 1. The number of aromatic nitrogens is 3. The predicted octanol–water partition coefficient (Wildman–Crippen LogP) is 4.80. The van der Waals surface area contributed by atoms with Crippen LogP contribution >= 0.6 is 22.9 Å². The molecule has 0 unspecified atom stereocenters. The minimum Gasteiger partial charge on any atom is -0.463 e. The monoisotopic (exact) mass is 384 g/mol. The highest BCUT2D eigenvalue weighted by molar-refractivity contribution is 7.15. The summed E-state index contributed by atoms with van der Waals surface area (Å²) in [5, 5.41) is 8.37. The minimum absolute atomic E-state index is 0.263. The van der Waals surface area contributed by atoms with Gasteiger partial charge in [0.1, 0.15) is 5.69 Å². The summed E-state index contributed by atoms with van der Waals surface area (Å²) in [7, 11) is 0. The molecule has 0 saturated heterocycles. The second-order valence-corrected chi connectivity index (χ2v) is 7.18. The molecule has 26 heavy (non-hydrogen) atoms. The third kappa shape index (κ3) is 3.26. The number of nitrogens with zero attached hydrogens (tertiary/aromatic N) is 3. The van der Waals surface area contributed by atoms with Gasteiger partial charge in [-0.2, -0.15) is 5.10 Å². The van der Waals surface area contributed by atoms with E-state index in [1.165, 1.54) is 11.3 Å². The van der Waals surface area contributed by atoms with Gasteiger partial charge in [-0.3, -0.25) is 10.1 Å². The minimum atomic E-state index is -0.333. The van der Waals surface area contributed by atoms with E-state index in [1.807, 2.05) is 25.1 Å². The van der Waals surface area contributed by atoms with Crippen LogP contribution in [0.25, 0.3) is 17.1 Å². The fourth-order valence-electron chi connectivity index (χ4n) is 2.44. The molecule has 6 nitrogen and oxygen atoms in total. The summed E-state index contributed by atoms with van der Waals surface area (Å²) in [4.78, 5) is 17.7. The number of furan rings is 1. The molecule has 1 N–H and O–H groups in total. The Bertz CT molecular complexity index is 1050. The number of nitrogens with one attached hydrogen (secondary N) is 1. The average molecular weight is 385 g/mol. The van der Waals surface area contributed by atoms with E-state index >= 15 is 0 Å². The van der Waals surface area contributed by atoms with Crippen molar-refractivity contribution in [2.75, 3.05) is 5.32 Å². The SMILES string of the molecule is Cc1cnc(NC(=O)c2cc(-c3ccco3)n(-c3ccc(Cl)cc3)n2)s1. The second-order valence-electron chi connectivity index (χ2n) is 5.51. The fraction of sp³-hybridized carbons (Fsp3) is 0.0556. The van der Waals surface area contributed by atoms with Crippen molar-refractivity contribution >= 4 is 34.0 Å². The van der Waals surface area contributed by atoms with Crippen molar-refractivity contribution in [1.29, 1.82) is 0 Å². The second kappa shape index (κ2) is 6.78. The Balaban J connectivity index is 1.73. The lowest BCUT2D eigenvalue weighted by Gasteiger charge is -2.05. The molecule has 4 aromatic rings. The molecule has 130 valence electrons. The van der Waals surface area contributed by atoms with Gasteiger partial charge in [0.15, 0.2) is 16.6 Å². The van der Waals surface area contributed by atoms with E-state index in [0.29, 0.717) is 21.6 Å². The normalized spacial score (nSPS) is 10.8. The number of hydrogen-bond acceptors (Lipinski definition) is 5. The van der Waals surface area contributed by atoms with Gasteiger partial charge in [0.25, 0.3) is 5.91 Å². The molecule has 0 radical (unpaired) electrons. The van der Waals surface area contributed by atoms with E-state index < -0.39 is 0 Å². The van der Waals surface area contributed by atoms with Crippen molar-refractivity contribution in [3.05, 3.63) is 70.5 Å². The molecule has 4 rings (SSSR count). The third-order valence-corrected chi connectivity index (χ3v) is 4.71. The van der Waals surface area contributed by atoms with Gasteiger partial charge < -0.3 is 4.42 Å². The summed E-state index contributed by atoms with van der Waals surface area (Å²) < 4.78 is 7.14. The molecule has 3 aromatic heterocycles. The Hall–Kier alpha value is -2.90. The van der Waals surface area contributed by atoms with Crippen molar-refractivity contribution in [2.24, 2.45) is 0 Å². The lowest BCUT2D eigenvalue weighted by Crippen LogP contribution is -2.12. The Labute approximate surface area is 158 Å². The zero-order valence-electron chi connectivity index (χ0n) is 13.6. The van der Waals surface area contributed by atoms with Crippen molar-refractivity contribution in [3.8, 4) is 17.1 Å². The van der Waals surface area contributed by atoms with Gasteiger partial charge in [0, 0.05) is 22.2 Å². The maximum atomic E-state index is 12.6. The van der Waals surface area contributed by atoms with Gasteiger partial charge in [-0.1, -0.05) is 11.6 Å². The van der Waals surface area contributed by atoms with Crippen molar-refractivity contribution in [1.82, 2.24) is 14.8 Å². The van der Waals surface area contributed by atoms with E-state index in [4.69, 9.17) is 16.0 Å². The number of benzene rings is 1. The fourth-order valence-corrected chi connectivity index (χ4v) is 3.23. The van der Waals surface area contributed by atoms with Gasteiger partial charge in [0.2, 0.25) is 0 Å². The first-order valence-electron chi connectivity index (χ1n) is 7.74. The van der Waals surface area contributed by atoms with Crippen LogP contribution in [0.15, 0.2) is 59.3 Å². The summed E-state index contributed by atoms with van der Waals surface area (Å²) in [5.74, 6) is 0.275. The summed E-state index contributed by atoms with van der Waals surface area (Å²) in [5.41, 5.74) is 1.70. The van der Waals surface area contributed by atoms with Gasteiger partial charge in [-0.15, -0.1) is 11.3 Å². The first kappa shape index (κ1) is 16.6. The highest BCUT2D eigenvalue weighted by atomic mass is 35.5. The lowest BCUT2D eigenvalue weighted by atomic mass is 10.2. The summed E-state index contributed by atoms with van der Waals surface area (Å²) in [6, 6.07) is 12.5. The Morgan fingerprint density at radius 3 is 2.73 bits per heavy atom. The molecule has 0 aliphatic heterocycles. The van der Waals surface area contributed by atoms with E-state index in [0.717, 1.165) is 10.6 Å². The molecule has 0 fully saturated rings. The molecule has 0 atom stereocenters. The van der Waals surface area contributed by atoms with E-state index in [-0.39, 0.29) is 11.6 Å². The van der Waals surface area contributed by atoms with Crippen LogP contribution in [0.3, 0.4) is 0 Å². The Kier molecular flexibility index (Phi) is 4.32. The topological polar surface area (TPSA) is 73.0 Å². The predicted molar refractivity (Wildman–Crippen MR) is 101 cm³/mol. The molecular weight excluding hydrogens is 372 g/mol. The smallest absolute Gasteiger partial charge is 0.277 e. The summed E-state index contributed by atoms with van der Waals surface area (Å²) >= 11 is 7.37. The summed E-state index contributed by atoms with van der Waals surface area (Å²) in [6.45, 7) is 1.93. The van der Waals surface area contributed by atoms with E-state index in [9.17, 15) is 4.79 Å². The van der Waals surface area contributed by atoms with Crippen molar-refractivity contribution in [2.45, 2.75) is 6.92 Å². The van der Waals surface area contributed by atoms with Crippen LogP contribution in [0.1, 0.15) is 15.4 Å². The molecule has 0 aliphatic carbocycles. The molecular formula is C18H13ClN4O2S. The highest BCUT2D eigenvalue weighted by Crippen LogP contribution is 2.26. The number of anilines is 1. The molecule has 0 spiro atoms. The number of hydrogen-bond donors (Lipinski definition) is 1. The Morgan fingerprint density at radius 2 is 2.08 bits per heavy atom. The number of carbonyl (C=O) groups excluding carboxylic acids is 1. The van der Waals surface area contributed by atoms with Gasteiger partial charge in [0.05, 0.1) is 12.0 Å². The number of carbonyl (C=O) groups is 1. The average Bonchev–Trinajstić information content (AvgIpc) is 3.35. The lowest BCUT2D eigenvalue weighted by molar-refractivity contribution is 0.102. The standard InChI is InChI=1S/C18H13ClN4O2S/c1-11-10-20-18(26-11)21-17(24)14-9-15(16-3-2-8-25-16)23(22-14)13-6-4-12(19)5-7-13/h2-10H,1H3,(H,20,21,24). The van der Waals surface area contributed by atoms with Gasteiger partial charge in [-0.25, -0.2) is 9.67 Å². The zero-order chi connectivity index (χ0) is 18.1. The molecule has 8 heteroatoms. The molecule has 0 bridgehead atoms. The quantitative estimate of drug-likeness (QED) is 0.548. The van der Waals surface area contributed by atoms with Gasteiger partial charge in [-0.05, 0) is 43.3 Å². The Morgan fingerprint density at radius 1 is 1.27 bits per heavy atom. The zero-order valence-corrected chi connectivity index (χ0v) is 15.2. The van der Waals surface area contributed by atoms with Crippen molar-refractivity contribution in [3.63, 3.8) is 0 Å². The third-order valence-electron chi connectivity index (χ3n) is 3.63. The maximum Gasteiger partial charge on any atom is 0.277 e. The molecule has 0 saturated carbocycles. The van der Waals surface area contributed by atoms with Crippen LogP contribution in [0.4, 0.5) is 5.13 Å². The van der Waals surface area contributed by atoms with Crippen molar-refractivity contribution < 1.29 is 9.21 Å². The molecule has 1 amide bonds. The number of aryl methyl sites for hydroxylation is 1. The van der Waals surface area contributed by atoms with Crippen LogP contribution in [0.5, 0.6) is 0 Å². The van der Waals surface area contributed by atoms with E-state index in [2.05, 4.69) is 15.4 Å². The molecule has 3 heterocycles. The van der Waals surface area contributed by atoms with Crippen LogP contribution in [-0.4, -0.2) is 20.7 Å². The van der Waals surface area contributed by atoms with Crippen LogP contribution in [-0.2, 0) is 0 Å². The van der Waals surface area contributed by atoms with Crippen LogP contribution < -0.4 is 5.32 Å².